The van der Waals surface area contributed by atoms with Gasteiger partial charge in [0.05, 0.1) is 11.9 Å². The summed E-state index contributed by atoms with van der Waals surface area (Å²) in [6, 6.07) is 10.6. The Morgan fingerprint density at radius 2 is 2.19 bits per heavy atom. The molecule has 1 aromatic carbocycles. The summed E-state index contributed by atoms with van der Waals surface area (Å²) in [6.45, 7) is 3.32. The summed E-state index contributed by atoms with van der Waals surface area (Å²) >= 11 is 2.12. The number of thioether (sulfide) groups is 1. The number of nitrogens with one attached hydrogen (secondary N) is 1. The monoisotopic (exact) mass is 301 g/mol. The highest BCUT2D eigenvalue weighted by atomic mass is 32.2. The summed E-state index contributed by atoms with van der Waals surface area (Å²) in [5.41, 5.74) is 2.36. The third-order valence-corrected chi connectivity index (χ3v) is 5.45. The van der Waals surface area contributed by atoms with Crippen LogP contribution in [-0.4, -0.2) is 27.3 Å². The molecule has 1 aliphatic heterocycles. The third kappa shape index (κ3) is 3.89. The molecule has 0 bridgehead atoms. The molecule has 1 aliphatic rings. The first-order valence-corrected chi connectivity index (χ1v) is 8.83. The van der Waals surface area contributed by atoms with Crippen LogP contribution in [0, 0.1) is 0 Å². The number of hydrogen-bond donors (Lipinski definition) is 1. The van der Waals surface area contributed by atoms with E-state index in [0.29, 0.717) is 6.04 Å². The van der Waals surface area contributed by atoms with Crippen molar-refractivity contribution in [2.24, 2.45) is 0 Å². The summed E-state index contributed by atoms with van der Waals surface area (Å²) in [6.07, 6.45) is 8.23. The second-order valence-electron chi connectivity index (χ2n) is 5.67. The van der Waals surface area contributed by atoms with Gasteiger partial charge >= 0.3 is 0 Å². The molecule has 3 nitrogen and oxygen atoms in total. The van der Waals surface area contributed by atoms with Crippen molar-refractivity contribution < 1.29 is 0 Å². The third-order valence-electron chi connectivity index (χ3n) is 4.05. The Balaban J connectivity index is 1.57. The number of hydrogen-bond acceptors (Lipinski definition) is 3. The van der Waals surface area contributed by atoms with Crippen molar-refractivity contribution >= 4 is 11.8 Å². The van der Waals surface area contributed by atoms with Crippen LogP contribution in [-0.2, 0) is 0 Å². The second kappa shape index (κ2) is 7.14. The van der Waals surface area contributed by atoms with Gasteiger partial charge in [-0.2, -0.15) is 16.9 Å². The molecule has 0 radical (unpaired) electrons. The second-order valence-corrected chi connectivity index (χ2v) is 7.08. The molecule has 112 valence electrons. The van der Waals surface area contributed by atoms with Crippen LogP contribution in [0.2, 0.25) is 0 Å². The lowest BCUT2D eigenvalue weighted by Crippen LogP contribution is -2.28. The lowest BCUT2D eigenvalue weighted by atomic mass is 10.1. The van der Waals surface area contributed by atoms with Gasteiger partial charge in [0, 0.05) is 29.6 Å². The van der Waals surface area contributed by atoms with Gasteiger partial charge in [0.2, 0.25) is 0 Å². The first kappa shape index (κ1) is 14.7. The van der Waals surface area contributed by atoms with Crippen molar-refractivity contribution in [1.29, 1.82) is 0 Å². The molecule has 2 aromatic rings. The van der Waals surface area contributed by atoms with E-state index in [4.69, 9.17) is 0 Å². The van der Waals surface area contributed by atoms with Crippen molar-refractivity contribution in [3.8, 4) is 5.69 Å². The predicted octanol–water partition coefficient (Wildman–Crippen LogP) is 3.81. The lowest BCUT2D eigenvalue weighted by molar-refractivity contribution is 0.538. The molecule has 2 heterocycles. The van der Waals surface area contributed by atoms with Crippen molar-refractivity contribution in [2.45, 2.75) is 37.5 Å². The van der Waals surface area contributed by atoms with Crippen LogP contribution in [0.15, 0.2) is 42.7 Å². The Bertz CT molecular complexity index is 546. The fourth-order valence-corrected chi connectivity index (χ4v) is 3.93. The Labute approximate surface area is 131 Å². The fraction of sp³-hybridized carbons (Fsp3) is 0.471. The maximum atomic E-state index is 4.47. The quantitative estimate of drug-likeness (QED) is 0.911. The molecule has 0 aliphatic carbocycles. The van der Waals surface area contributed by atoms with Gasteiger partial charge < -0.3 is 5.32 Å². The van der Waals surface area contributed by atoms with Crippen molar-refractivity contribution in [2.75, 3.05) is 12.3 Å². The predicted molar refractivity (Wildman–Crippen MR) is 90.1 cm³/mol. The molecule has 2 atom stereocenters. The van der Waals surface area contributed by atoms with Crippen molar-refractivity contribution in [1.82, 2.24) is 15.1 Å². The zero-order valence-electron chi connectivity index (χ0n) is 12.5. The van der Waals surface area contributed by atoms with Gasteiger partial charge in [-0.25, -0.2) is 4.68 Å². The maximum Gasteiger partial charge on any atom is 0.0645 e. The summed E-state index contributed by atoms with van der Waals surface area (Å²) in [5, 5.41) is 8.92. The highest BCUT2D eigenvalue weighted by Crippen LogP contribution is 2.25. The summed E-state index contributed by atoms with van der Waals surface area (Å²) < 4.78 is 1.95. The molecule has 0 saturated carbocycles. The normalized spacial score (nSPS) is 20.3. The maximum absolute atomic E-state index is 4.47. The largest absolute Gasteiger partial charge is 0.309 e. The van der Waals surface area contributed by atoms with Gasteiger partial charge in [0.25, 0.3) is 0 Å². The number of para-hydroxylation sites is 1. The fourth-order valence-electron chi connectivity index (χ4n) is 2.68. The summed E-state index contributed by atoms with van der Waals surface area (Å²) in [4.78, 5) is 0. The number of nitrogens with zero attached hydrogens (tertiary/aromatic N) is 2. The van der Waals surface area contributed by atoms with E-state index in [2.05, 4.69) is 47.4 Å². The van der Waals surface area contributed by atoms with E-state index in [1.54, 1.807) is 0 Å². The Kier molecular flexibility index (Phi) is 4.99. The van der Waals surface area contributed by atoms with Crippen LogP contribution in [0.4, 0.5) is 0 Å². The number of aromatic nitrogens is 2. The molecule has 4 heteroatoms. The van der Waals surface area contributed by atoms with Crippen LogP contribution < -0.4 is 5.32 Å². The SMILES string of the molecule is CC(NCC1CCCCS1)c1cnn(-c2ccccc2)c1. The van der Waals surface area contributed by atoms with Gasteiger partial charge in [-0.05, 0) is 37.7 Å². The molecule has 1 fully saturated rings. The van der Waals surface area contributed by atoms with Gasteiger partial charge in [0.1, 0.15) is 0 Å². The minimum absolute atomic E-state index is 0.352. The van der Waals surface area contributed by atoms with Crippen LogP contribution in [0.1, 0.15) is 37.8 Å². The molecular formula is C17H23N3S. The smallest absolute Gasteiger partial charge is 0.0645 e. The minimum atomic E-state index is 0.352. The highest BCUT2D eigenvalue weighted by molar-refractivity contribution is 7.99. The molecule has 21 heavy (non-hydrogen) atoms. The standard InChI is InChI=1S/C17H23N3S/c1-14(18-12-17-9-5-6-10-21-17)15-11-19-20(13-15)16-7-3-2-4-8-16/h2-4,7-8,11,13-14,17-18H,5-6,9-10,12H2,1H3. The van der Waals surface area contributed by atoms with Gasteiger partial charge in [-0.15, -0.1) is 0 Å². The zero-order chi connectivity index (χ0) is 14.5. The summed E-state index contributed by atoms with van der Waals surface area (Å²) in [7, 11) is 0. The molecule has 1 aromatic heterocycles. The average Bonchev–Trinajstić information content (AvgIpc) is 3.04. The van der Waals surface area contributed by atoms with E-state index in [1.165, 1.54) is 30.6 Å². The molecule has 1 saturated heterocycles. The molecule has 3 rings (SSSR count). The minimum Gasteiger partial charge on any atom is -0.309 e. The molecule has 1 N–H and O–H groups in total. The summed E-state index contributed by atoms with van der Waals surface area (Å²) in [5.74, 6) is 1.33. The first-order valence-electron chi connectivity index (χ1n) is 7.78. The van der Waals surface area contributed by atoms with Crippen molar-refractivity contribution in [3.05, 3.63) is 48.3 Å². The van der Waals surface area contributed by atoms with E-state index in [1.807, 2.05) is 29.1 Å². The van der Waals surface area contributed by atoms with E-state index in [-0.39, 0.29) is 0 Å². The van der Waals surface area contributed by atoms with Gasteiger partial charge in [-0.3, -0.25) is 0 Å². The average molecular weight is 301 g/mol. The molecular weight excluding hydrogens is 278 g/mol. The molecule has 0 amide bonds. The van der Waals surface area contributed by atoms with Crippen LogP contribution in [0.3, 0.4) is 0 Å². The first-order chi connectivity index (χ1) is 10.3. The van der Waals surface area contributed by atoms with E-state index >= 15 is 0 Å². The highest BCUT2D eigenvalue weighted by Gasteiger charge is 2.15. The van der Waals surface area contributed by atoms with E-state index in [9.17, 15) is 0 Å². The number of rotatable bonds is 5. The van der Waals surface area contributed by atoms with Gasteiger partial charge in [-0.1, -0.05) is 24.6 Å². The Hall–Kier alpha value is -1.26. The Morgan fingerprint density at radius 1 is 1.33 bits per heavy atom. The Morgan fingerprint density at radius 3 is 2.95 bits per heavy atom. The van der Waals surface area contributed by atoms with Crippen LogP contribution >= 0.6 is 11.8 Å². The van der Waals surface area contributed by atoms with E-state index < -0.39 is 0 Å². The van der Waals surface area contributed by atoms with Gasteiger partial charge in [0.15, 0.2) is 0 Å². The molecule has 2 unspecified atom stereocenters. The van der Waals surface area contributed by atoms with E-state index in [0.717, 1.165) is 17.5 Å². The lowest BCUT2D eigenvalue weighted by Gasteiger charge is -2.23. The molecule has 0 spiro atoms. The number of benzene rings is 1. The van der Waals surface area contributed by atoms with Crippen LogP contribution in [0.25, 0.3) is 5.69 Å². The zero-order valence-corrected chi connectivity index (χ0v) is 13.4. The van der Waals surface area contributed by atoms with Crippen molar-refractivity contribution in [3.63, 3.8) is 0 Å². The topological polar surface area (TPSA) is 29.9 Å². The van der Waals surface area contributed by atoms with Crippen LogP contribution in [0.5, 0.6) is 0 Å².